The van der Waals surface area contributed by atoms with Crippen molar-refractivity contribution in [3.05, 3.63) is 81.1 Å². The second-order valence-electron chi connectivity index (χ2n) is 7.11. The van der Waals surface area contributed by atoms with Crippen LogP contribution >= 0.6 is 15.9 Å². The summed E-state index contributed by atoms with van der Waals surface area (Å²) in [6.07, 6.45) is 1.69. The minimum Gasteiger partial charge on any atom is -0.376 e. The van der Waals surface area contributed by atoms with Crippen LogP contribution in [0.25, 0.3) is 5.69 Å². The van der Waals surface area contributed by atoms with Crippen LogP contribution in [0.15, 0.2) is 58.1 Å². The maximum absolute atomic E-state index is 12.0. The third kappa shape index (κ3) is 5.15. The quantitative estimate of drug-likeness (QED) is 0.406. The summed E-state index contributed by atoms with van der Waals surface area (Å²) in [5.41, 5.74) is 10.3. The molecular formula is C23H25BrN4O. The van der Waals surface area contributed by atoms with Crippen molar-refractivity contribution in [3.8, 4) is 5.69 Å². The third-order valence-electron chi connectivity index (χ3n) is 4.75. The summed E-state index contributed by atoms with van der Waals surface area (Å²) >= 11 is 3.39. The van der Waals surface area contributed by atoms with Gasteiger partial charge in [0.05, 0.1) is 12.8 Å². The van der Waals surface area contributed by atoms with Gasteiger partial charge in [0.2, 0.25) is 0 Å². The number of aryl methyl sites for hydroxylation is 3. The van der Waals surface area contributed by atoms with Crippen LogP contribution in [-0.4, -0.2) is 23.2 Å². The minimum absolute atomic E-state index is 0.153. The summed E-state index contributed by atoms with van der Waals surface area (Å²) in [6.45, 7) is 8.50. The lowest BCUT2D eigenvalue weighted by molar-refractivity contribution is -0.119. The molecule has 6 heteroatoms. The molecule has 0 bridgehead atoms. The largest absolute Gasteiger partial charge is 0.376 e. The van der Waals surface area contributed by atoms with Gasteiger partial charge in [-0.2, -0.15) is 5.10 Å². The van der Waals surface area contributed by atoms with E-state index in [9.17, 15) is 4.79 Å². The number of aromatic nitrogens is 1. The maximum atomic E-state index is 12.0. The molecule has 0 fully saturated rings. The second-order valence-corrected chi connectivity index (χ2v) is 8.02. The molecule has 0 saturated carbocycles. The molecule has 1 amide bonds. The highest BCUT2D eigenvalue weighted by atomic mass is 79.9. The predicted octanol–water partition coefficient (Wildman–Crippen LogP) is 5.04. The number of nitrogens with one attached hydrogen (secondary N) is 2. The highest BCUT2D eigenvalue weighted by Crippen LogP contribution is 2.23. The average molecular weight is 453 g/mol. The zero-order valence-corrected chi connectivity index (χ0v) is 18.7. The fraction of sp³-hybridized carbons (Fsp3) is 0.217. The number of hydrogen-bond donors (Lipinski definition) is 2. The fourth-order valence-electron chi connectivity index (χ4n) is 3.31. The molecule has 0 radical (unpaired) electrons. The Morgan fingerprint density at radius 3 is 2.48 bits per heavy atom. The highest BCUT2D eigenvalue weighted by Gasteiger charge is 2.11. The van der Waals surface area contributed by atoms with Gasteiger partial charge in [-0.1, -0.05) is 33.6 Å². The SMILES string of the molecule is Cc1ccc(-n2c(C)cc(/C=N/NC(=O)CNc3ccc(Br)cc3)c2C)c(C)c1. The number of nitrogens with zero attached hydrogens (tertiary/aromatic N) is 2. The Morgan fingerprint density at radius 2 is 1.79 bits per heavy atom. The maximum Gasteiger partial charge on any atom is 0.259 e. The van der Waals surface area contributed by atoms with Crippen LogP contribution in [0.4, 0.5) is 5.69 Å². The number of amides is 1. The molecule has 150 valence electrons. The topological polar surface area (TPSA) is 58.4 Å². The first-order chi connectivity index (χ1) is 13.8. The molecule has 3 aromatic rings. The van der Waals surface area contributed by atoms with Gasteiger partial charge in [-0.15, -0.1) is 0 Å². The molecule has 1 aromatic heterocycles. The number of benzene rings is 2. The van der Waals surface area contributed by atoms with Crippen molar-refractivity contribution in [3.63, 3.8) is 0 Å². The summed E-state index contributed by atoms with van der Waals surface area (Å²) in [5, 5.41) is 7.19. The van der Waals surface area contributed by atoms with Crippen molar-refractivity contribution < 1.29 is 4.79 Å². The predicted molar refractivity (Wildman–Crippen MR) is 123 cm³/mol. The molecule has 2 N–H and O–H groups in total. The normalized spacial score (nSPS) is 11.1. The zero-order valence-electron chi connectivity index (χ0n) is 17.1. The summed E-state index contributed by atoms with van der Waals surface area (Å²) in [7, 11) is 0. The highest BCUT2D eigenvalue weighted by molar-refractivity contribution is 9.10. The molecule has 0 atom stereocenters. The Balaban J connectivity index is 1.65. The van der Waals surface area contributed by atoms with Gasteiger partial charge in [0.25, 0.3) is 5.91 Å². The number of hydrazone groups is 1. The standard InChI is InChI=1S/C23H25BrN4O/c1-15-5-10-22(16(2)11-15)28-17(3)12-19(18(28)4)13-26-27-23(29)14-25-21-8-6-20(24)7-9-21/h5-13,25H,14H2,1-4H3,(H,27,29)/b26-13+. The van der Waals surface area contributed by atoms with Crippen molar-refractivity contribution in [2.45, 2.75) is 27.7 Å². The van der Waals surface area contributed by atoms with E-state index in [4.69, 9.17) is 0 Å². The monoisotopic (exact) mass is 452 g/mol. The van der Waals surface area contributed by atoms with Crippen molar-refractivity contribution >= 4 is 33.7 Å². The molecule has 2 aromatic carbocycles. The average Bonchev–Trinajstić information content (AvgIpc) is 2.95. The van der Waals surface area contributed by atoms with E-state index >= 15 is 0 Å². The summed E-state index contributed by atoms with van der Waals surface area (Å²) in [5.74, 6) is -0.202. The van der Waals surface area contributed by atoms with Crippen molar-refractivity contribution in [1.29, 1.82) is 0 Å². The third-order valence-corrected chi connectivity index (χ3v) is 5.28. The lowest BCUT2D eigenvalue weighted by Gasteiger charge is -2.13. The van der Waals surface area contributed by atoms with Gasteiger partial charge in [-0.3, -0.25) is 4.79 Å². The summed E-state index contributed by atoms with van der Waals surface area (Å²) in [4.78, 5) is 12.0. The molecule has 29 heavy (non-hydrogen) atoms. The Labute approximate surface area is 180 Å². The molecule has 1 heterocycles. The Hall–Kier alpha value is -2.86. The van der Waals surface area contributed by atoms with Gasteiger partial charge >= 0.3 is 0 Å². The van der Waals surface area contributed by atoms with Crippen molar-refractivity contribution in [2.75, 3.05) is 11.9 Å². The van der Waals surface area contributed by atoms with Crippen LogP contribution in [-0.2, 0) is 4.79 Å². The van der Waals surface area contributed by atoms with Crippen LogP contribution in [0, 0.1) is 27.7 Å². The van der Waals surface area contributed by atoms with Crippen molar-refractivity contribution in [1.82, 2.24) is 9.99 Å². The molecule has 0 unspecified atom stereocenters. The van der Waals surface area contributed by atoms with E-state index in [-0.39, 0.29) is 12.5 Å². The van der Waals surface area contributed by atoms with Crippen molar-refractivity contribution in [2.24, 2.45) is 5.10 Å². The van der Waals surface area contributed by atoms with Gasteiger partial charge in [0.15, 0.2) is 0 Å². The first-order valence-corrected chi connectivity index (χ1v) is 10.2. The zero-order chi connectivity index (χ0) is 21.0. The van der Waals surface area contributed by atoms with Crippen LogP contribution in [0.3, 0.4) is 0 Å². The van der Waals surface area contributed by atoms with Crippen LogP contribution in [0.2, 0.25) is 0 Å². The summed E-state index contributed by atoms with van der Waals surface area (Å²) < 4.78 is 3.21. The molecule has 0 aliphatic carbocycles. The van der Waals surface area contributed by atoms with Gasteiger partial charge in [-0.25, -0.2) is 5.43 Å². The minimum atomic E-state index is -0.202. The molecule has 3 rings (SSSR count). The summed E-state index contributed by atoms with van der Waals surface area (Å²) in [6, 6.07) is 16.2. The fourth-order valence-corrected chi connectivity index (χ4v) is 3.57. The van der Waals surface area contributed by atoms with Gasteiger partial charge in [-0.05, 0) is 69.7 Å². The number of halogens is 1. The smallest absolute Gasteiger partial charge is 0.259 e. The van der Waals surface area contributed by atoms with E-state index in [1.165, 1.54) is 11.1 Å². The molecule has 0 aliphatic heterocycles. The van der Waals surface area contributed by atoms with E-state index in [0.29, 0.717) is 0 Å². The van der Waals surface area contributed by atoms with E-state index in [2.05, 4.69) is 88.3 Å². The van der Waals surface area contributed by atoms with Gasteiger partial charge in [0.1, 0.15) is 0 Å². The molecular weight excluding hydrogens is 428 g/mol. The second kappa shape index (κ2) is 9.09. The van der Waals surface area contributed by atoms with Crippen LogP contribution < -0.4 is 10.7 Å². The molecule has 5 nitrogen and oxygen atoms in total. The van der Waals surface area contributed by atoms with Gasteiger partial charge in [0, 0.05) is 32.8 Å². The number of anilines is 1. The Morgan fingerprint density at radius 1 is 1.07 bits per heavy atom. The van der Waals surface area contributed by atoms with E-state index < -0.39 is 0 Å². The lowest BCUT2D eigenvalue weighted by atomic mass is 10.1. The first kappa shape index (κ1) is 20.9. The van der Waals surface area contributed by atoms with E-state index in [0.717, 1.165) is 32.8 Å². The van der Waals surface area contributed by atoms with Gasteiger partial charge < -0.3 is 9.88 Å². The Bertz CT molecular complexity index is 1050. The van der Waals surface area contributed by atoms with E-state index in [1.807, 2.05) is 24.3 Å². The van der Waals surface area contributed by atoms with Crippen LogP contribution in [0.1, 0.15) is 28.1 Å². The Kier molecular flexibility index (Phi) is 6.54. The molecule has 0 spiro atoms. The van der Waals surface area contributed by atoms with E-state index in [1.54, 1.807) is 6.21 Å². The number of carbonyl (C=O) groups excluding carboxylic acids is 1. The number of carbonyl (C=O) groups is 1. The molecule has 0 saturated heterocycles. The first-order valence-electron chi connectivity index (χ1n) is 9.43. The lowest BCUT2D eigenvalue weighted by Crippen LogP contribution is -2.25. The number of hydrogen-bond acceptors (Lipinski definition) is 3. The van der Waals surface area contributed by atoms with Crippen LogP contribution in [0.5, 0.6) is 0 Å². The molecule has 0 aliphatic rings. The number of rotatable bonds is 6.